The molecular formula is C42H24. The van der Waals surface area contributed by atoms with Gasteiger partial charge in [0.05, 0.1) is 0 Å². The molecule has 0 unspecified atom stereocenters. The maximum Gasteiger partial charge on any atom is -0.00201 e. The lowest BCUT2D eigenvalue weighted by molar-refractivity contribution is 1.62. The molecule has 2 aliphatic rings. The third-order valence-electron chi connectivity index (χ3n) is 9.52. The van der Waals surface area contributed by atoms with Gasteiger partial charge in [0, 0.05) is 0 Å². The predicted octanol–water partition coefficient (Wildman–Crippen LogP) is 11.8. The molecule has 0 saturated heterocycles. The minimum atomic E-state index is 1.26. The van der Waals surface area contributed by atoms with E-state index in [1.54, 1.807) is 0 Å². The zero-order valence-corrected chi connectivity index (χ0v) is 22.9. The number of rotatable bonds is 2. The monoisotopic (exact) mass is 528 g/mol. The molecule has 0 radical (unpaired) electrons. The van der Waals surface area contributed by atoms with E-state index in [9.17, 15) is 0 Å². The Bertz CT molecular complexity index is 2280. The lowest BCUT2D eigenvalue weighted by atomic mass is 9.90. The van der Waals surface area contributed by atoms with E-state index in [0.717, 1.165) is 0 Å². The van der Waals surface area contributed by atoms with Crippen LogP contribution in [0.3, 0.4) is 0 Å². The van der Waals surface area contributed by atoms with E-state index in [1.165, 1.54) is 99.1 Å². The van der Waals surface area contributed by atoms with E-state index in [-0.39, 0.29) is 0 Å². The van der Waals surface area contributed by atoms with Gasteiger partial charge >= 0.3 is 0 Å². The molecule has 0 amide bonds. The summed E-state index contributed by atoms with van der Waals surface area (Å²) in [5, 5.41) is 7.90. The van der Waals surface area contributed by atoms with E-state index in [4.69, 9.17) is 0 Å². The summed E-state index contributed by atoms with van der Waals surface area (Å²) in [6.45, 7) is 0. The lowest BCUT2D eigenvalue weighted by Crippen LogP contribution is -1.87. The number of fused-ring (bicyclic) bond motifs is 7. The molecule has 0 atom stereocenters. The Hall–Kier alpha value is -5.46. The quantitative estimate of drug-likeness (QED) is 0.209. The van der Waals surface area contributed by atoms with Crippen LogP contribution >= 0.6 is 0 Å². The highest BCUT2D eigenvalue weighted by Crippen LogP contribution is 2.52. The lowest BCUT2D eigenvalue weighted by Gasteiger charge is -2.13. The number of benzene rings is 8. The van der Waals surface area contributed by atoms with Gasteiger partial charge in [0.25, 0.3) is 0 Å². The Balaban J connectivity index is 1.16. The largest absolute Gasteiger partial charge is 0.0610 e. The third kappa shape index (κ3) is 2.86. The SMILES string of the molecule is c1cc(-c2ccc3ccc(-c4cccc5c4-c4cccc6cccc-5c46)cc3c2)c2c(c1)-c1cccc3cccc-2c13. The average molecular weight is 529 g/mol. The summed E-state index contributed by atoms with van der Waals surface area (Å²) in [5.74, 6) is 0. The van der Waals surface area contributed by atoms with Gasteiger partial charge in [0.2, 0.25) is 0 Å². The zero-order valence-electron chi connectivity index (χ0n) is 22.9. The van der Waals surface area contributed by atoms with Crippen LogP contribution in [0.25, 0.3) is 99.1 Å². The second kappa shape index (κ2) is 8.06. The summed E-state index contributed by atoms with van der Waals surface area (Å²) in [6.07, 6.45) is 0. The first kappa shape index (κ1) is 22.3. The van der Waals surface area contributed by atoms with Crippen LogP contribution in [0.5, 0.6) is 0 Å². The van der Waals surface area contributed by atoms with Gasteiger partial charge in [-0.05, 0) is 111 Å². The molecule has 8 aromatic rings. The van der Waals surface area contributed by atoms with Gasteiger partial charge < -0.3 is 0 Å². The van der Waals surface area contributed by atoms with Crippen molar-refractivity contribution in [2.75, 3.05) is 0 Å². The molecule has 42 heavy (non-hydrogen) atoms. The van der Waals surface area contributed by atoms with Gasteiger partial charge in [-0.2, -0.15) is 0 Å². The van der Waals surface area contributed by atoms with Crippen LogP contribution in [-0.2, 0) is 0 Å². The normalized spacial score (nSPS) is 12.3. The highest BCUT2D eigenvalue weighted by molar-refractivity contribution is 6.19. The second-order valence-electron chi connectivity index (χ2n) is 11.7. The Kier molecular flexibility index (Phi) is 4.27. The van der Waals surface area contributed by atoms with E-state index in [0.29, 0.717) is 0 Å². The zero-order chi connectivity index (χ0) is 27.4. The molecule has 0 saturated carbocycles. The van der Waals surface area contributed by atoms with Crippen LogP contribution in [0.15, 0.2) is 146 Å². The van der Waals surface area contributed by atoms with E-state index in [2.05, 4.69) is 146 Å². The van der Waals surface area contributed by atoms with Crippen molar-refractivity contribution >= 4 is 32.3 Å². The van der Waals surface area contributed by atoms with Gasteiger partial charge in [-0.1, -0.05) is 133 Å². The fourth-order valence-electron chi connectivity index (χ4n) is 7.74. The van der Waals surface area contributed by atoms with Crippen LogP contribution in [0.4, 0.5) is 0 Å². The fraction of sp³-hybridized carbons (Fsp3) is 0. The molecule has 0 N–H and O–H groups in total. The van der Waals surface area contributed by atoms with E-state index >= 15 is 0 Å². The van der Waals surface area contributed by atoms with Crippen LogP contribution < -0.4 is 0 Å². The molecule has 192 valence electrons. The second-order valence-corrected chi connectivity index (χ2v) is 11.7. The van der Waals surface area contributed by atoms with Crippen molar-refractivity contribution in [3.8, 4) is 66.8 Å². The van der Waals surface area contributed by atoms with Crippen molar-refractivity contribution in [1.82, 2.24) is 0 Å². The molecule has 0 heterocycles. The summed E-state index contributed by atoms with van der Waals surface area (Å²) in [5.41, 5.74) is 15.9. The van der Waals surface area contributed by atoms with Crippen LogP contribution in [-0.4, -0.2) is 0 Å². The Morgan fingerprint density at radius 2 is 0.619 bits per heavy atom. The Labute approximate surface area is 244 Å². The van der Waals surface area contributed by atoms with Crippen LogP contribution in [0.1, 0.15) is 0 Å². The molecule has 0 aromatic heterocycles. The molecular weight excluding hydrogens is 504 g/mol. The van der Waals surface area contributed by atoms with E-state index in [1.807, 2.05) is 0 Å². The smallest absolute Gasteiger partial charge is 0.00201 e. The van der Waals surface area contributed by atoms with Crippen LogP contribution in [0.2, 0.25) is 0 Å². The maximum absolute atomic E-state index is 2.39. The molecule has 8 aromatic carbocycles. The standard InChI is InChI=1S/C42H24/c1-7-26-9-3-17-37-39(26)33(13-1)35-15-5-11-31(41(35)37)28-21-19-25-20-22-29(24-30(25)23-28)32-12-6-16-36-34-14-2-8-27-10-4-18-38(40(27)34)42(32)36/h1-24H. The van der Waals surface area contributed by atoms with Gasteiger partial charge in [0.1, 0.15) is 0 Å². The molecule has 0 fully saturated rings. The molecule has 0 heteroatoms. The maximum atomic E-state index is 2.39. The van der Waals surface area contributed by atoms with Crippen molar-refractivity contribution in [1.29, 1.82) is 0 Å². The van der Waals surface area contributed by atoms with Gasteiger partial charge in [-0.25, -0.2) is 0 Å². The van der Waals surface area contributed by atoms with Gasteiger partial charge in [-0.15, -0.1) is 0 Å². The van der Waals surface area contributed by atoms with Gasteiger partial charge in [-0.3, -0.25) is 0 Å². The fourth-order valence-corrected chi connectivity index (χ4v) is 7.74. The van der Waals surface area contributed by atoms with Crippen LogP contribution in [0, 0.1) is 0 Å². The minimum Gasteiger partial charge on any atom is -0.0610 e. The van der Waals surface area contributed by atoms with Gasteiger partial charge in [0.15, 0.2) is 0 Å². The summed E-state index contributed by atoms with van der Waals surface area (Å²) in [4.78, 5) is 0. The number of hydrogen-bond acceptors (Lipinski definition) is 0. The predicted molar refractivity (Wildman–Crippen MR) is 179 cm³/mol. The first-order valence-electron chi connectivity index (χ1n) is 14.7. The van der Waals surface area contributed by atoms with E-state index < -0.39 is 0 Å². The molecule has 10 rings (SSSR count). The molecule has 0 nitrogen and oxygen atoms in total. The topological polar surface area (TPSA) is 0 Å². The summed E-state index contributed by atoms with van der Waals surface area (Å²) in [6, 6.07) is 54.2. The van der Waals surface area contributed by atoms with Crippen molar-refractivity contribution in [3.63, 3.8) is 0 Å². The molecule has 0 aliphatic heterocycles. The summed E-state index contributed by atoms with van der Waals surface area (Å²) in [7, 11) is 0. The first-order valence-corrected chi connectivity index (χ1v) is 14.7. The summed E-state index contributed by atoms with van der Waals surface area (Å²) >= 11 is 0. The van der Waals surface area contributed by atoms with Crippen molar-refractivity contribution in [2.45, 2.75) is 0 Å². The minimum absolute atomic E-state index is 1.26. The Morgan fingerprint density at radius 1 is 0.238 bits per heavy atom. The Morgan fingerprint density at radius 3 is 1.10 bits per heavy atom. The average Bonchev–Trinajstić information content (AvgIpc) is 3.56. The third-order valence-corrected chi connectivity index (χ3v) is 9.52. The van der Waals surface area contributed by atoms with Crippen molar-refractivity contribution in [2.24, 2.45) is 0 Å². The highest BCUT2D eigenvalue weighted by atomic mass is 14.3. The van der Waals surface area contributed by atoms with Crippen molar-refractivity contribution < 1.29 is 0 Å². The summed E-state index contributed by atoms with van der Waals surface area (Å²) < 4.78 is 0. The first-order chi connectivity index (χ1) is 20.8. The van der Waals surface area contributed by atoms with Crippen molar-refractivity contribution in [3.05, 3.63) is 146 Å². The molecule has 0 spiro atoms. The molecule has 2 aliphatic carbocycles. The highest BCUT2D eigenvalue weighted by Gasteiger charge is 2.25. The number of hydrogen-bond donors (Lipinski definition) is 0. The molecule has 0 bridgehead atoms.